The van der Waals surface area contributed by atoms with Gasteiger partial charge in [0.1, 0.15) is 0 Å². The molecule has 0 saturated heterocycles. The molecule has 140 valence electrons. The largest absolute Gasteiger partial charge is 0.478 e. The average molecular weight is 367 g/mol. The predicted octanol–water partition coefficient (Wildman–Crippen LogP) is 4.99. The molecule has 1 aromatic heterocycles. The maximum atomic E-state index is 12.7. The SMILES string of the molecule is Cc1nc(OC[C@H]2CC[C@H](C(F)(F)F)CC2)cc2cc(C(=O)O)ccc12. The molecule has 2 aromatic rings. The van der Waals surface area contributed by atoms with E-state index in [9.17, 15) is 18.0 Å². The minimum Gasteiger partial charge on any atom is -0.478 e. The third-order valence-electron chi connectivity index (χ3n) is 5.02. The van der Waals surface area contributed by atoms with Crippen molar-refractivity contribution in [3.05, 3.63) is 35.5 Å². The summed E-state index contributed by atoms with van der Waals surface area (Å²) in [6, 6.07) is 6.48. The van der Waals surface area contributed by atoms with Gasteiger partial charge in [0, 0.05) is 17.1 Å². The lowest BCUT2D eigenvalue weighted by molar-refractivity contribution is -0.184. The molecule has 7 heteroatoms. The smallest absolute Gasteiger partial charge is 0.391 e. The van der Waals surface area contributed by atoms with E-state index in [1.54, 1.807) is 18.2 Å². The summed E-state index contributed by atoms with van der Waals surface area (Å²) in [5.74, 6) is -1.76. The van der Waals surface area contributed by atoms with Crippen molar-refractivity contribution < 1.29 is 27.8 Å². The van der Waals surface area contributed by atoms with E-state index in [4.69, 9.17) is 9.84 Å². The Morgan fingerprint density at radius 1 is 1.23 bits per heavy atom. The van der Waals surface area contributed by atoms with Gasteiger partial charge in [0.05, 0.1) is 18.1 Å². The number of alkyl halides is 3. The number of nitrogens with zero attached hydrogens (tertiary/aromatic N) is 1. The summed E-state index contributed by atoms with van der Waals surface area (Å²) < 4.78 is 43.9. The van der Waals surface area contributed by atoms with Gasteiger partial charge in [0.2, 0.25) is 5.88 Å². The van der Waals surface area contributed by atoms with Crippen molar-refractivity contribution in [3.8, 4) is 5.88 Å². The van der Waals surface area contributed by atoms with Gasteiger partial charge in [-0.1, -0.05) is 6.07 Å². The number of aryl methyl sites for hydroxylation is 1. The van der Waals surface area contributed by atoms with Crippen LogP contribution in [0.2, 0.25) is 0 Å². The van der Waals surface area contributed by atoms with Crippen molar-refractivity contribution >= 4 is 16.7 Å². The summed E-state index contributed by atoms with van der Waals surface area (Å²) in [5.41, 5.74) is 0.898. The van der Waals surface area contributed by atoms with E-state index in [0.29, 0.717) is 30.7 Å². The maximum Gasteiger partial charge on any atom is 0.391 e. The normalized spacial score (nSPS) is 20.9. The number of hydrogen-bond acceptors (Lipinski definition) is 3. The van der Waals surface area contributed by atoms with Gasteiger partial charge in [-0.2, -0.15) is 13.2 Å². The fourth-order valence-corrected chi connectivity index (χ4v) is 3.47. The van der Waals surface area contributed by atoms with Crippen LogP contribution in [0, 0.1) is 18.8 Å². The minimum absolute atomic E-state index is 0.0803. The average Bonchev–Trinajstić information content (AvgIpc) is 2.59. The zero-order valence-electron chi connectivity index (χ0n) is 14.3. The monoisotopic (exact) mass is 367 g/mol. The van der Waals surface area contributed by atoms with Crippen molar-refractivity contribution in [2.75, 3.05) is 6.61 Å². The molecule has 0 unspecified atom stereocenters. The summed E-state index contributed by atoms with van der Waals surface area (Å²) >= 11 is 0. The summed E-state index contributed by atoms with van der Waals surface area (Å²) in [6.07, 6.45) is -2.85. The Balaban J connectivity index is 1.67. The highest BCUT2D eigenvalue weighted by Crippen LogP contribution is 2.39. The third-order valence-corrected chi connectivity index (χ3v) is 5.02. The van der Waals surface area contributed by atoms with Crippen LogP contribution < -0.4 is 4.74 Å². The number of carbonyl (C=O) groups is 1. The number of ether oxygens (including phenoxy) is 1. The Hall–Kier alpha value is -2.31. The third kappa shape index (κ3) is 4.08. The van der Waals surface area contributed by atoms with Gasteiger partial charge in [0.25, 0.3) is 0 Å². The van der Waals surface area contributed by atoms with E-state index in [-0.39, 0.29) is 24.3 Å². The van der Waals surface area contributed by atoms with Gasteiger partial charge >= 0.3 is 12.1 Å². The molecule has 0 aliphatic heterocycles. The second kappa shape index (κ2) is 7.13. The molecule has 0 atom stereocenters. The molecule has 4 nitrogen and oxygen atoms in total. The van der Waals surface area contributed by atoms with Crippen LogP contribution in [0.5, 0.6) is 5.88 Å². The molecule has 0 amide bonds. The quantitative estimate of drug-likeness (QED) is 0.827. The summed E-state index contributed by atoms with van der Waals surface area (Å²) in [4.78, 5) is 15.5. The Morgan fingerprint density at radius 2 is 1.92 bits per heavy atom. The molecule has 1 fully saturated rings. The molecule has 1 heterocycles. The number of rotatable bonds is 4. The van der Waals surface area contributed by atoms with Crippen molar-refractivity contribution in [1.82, 2.24) is 4.98 Å². The van der Waals surface area contributed by atoms with Crippen molar-refractivity contribution in [2.45, 2.75) is 38.8 Å². The number of pyridine rings is 1. The Labute approximate surface area is 149 Å². The van der Waals surface area contributed by atoms with Crippen LogP contribution in [-0.4, -0.2) is 28.8 Å². The maximum absolute atomic E-state index is 12.7. The molecule has 0 radical (unpaired) electrons. The number of carboxylic acids is 1. The number of benzene rings is 1. The molecular formula is C19H20F3NO3. The van der Waals surface area contributed by atoms with E-state index < -0.39 is 18.1 Å². The number of carboxylic acid groups (broad SMARTS) is 1. The first-order chi connectivity index (χ1) is 12.2. The van der Waals surface area contributed by atoms with E-state index in [1.807, 2.05) is 6.92 Å². The van der Waals surface area contributed by atoms with Crippen LogP contribution in [0.1, 0.15) is 41.7 Å². The minimum atomic E-state index is -4.11. The molecule has 1 saturated carbocycles. The molecule has 1 aliphatic rings. The first kappa shape index (κ1) is 18.5. The van der Waals surface area contributed by atoms with E-state index >= 15 is 0 Å². The fraction of sp³-hybridized carbons (Fsp3) is 0.474. The van der Waals surface area contributed by atoms with Gasteiger partial charge < -0.3 is 9.84 Å². The second-order valence-corrected chi connectivity index (χ2v) is 6.86. The molecular weight excluding hydrogens is 347 g/mol. The van der Waals surface area contributed by atoms with Gasteiger partial charge in [-0.25, -0.2) is 9.78 Å². The summed E-state index contributed by atoms with van der Waals surface area (Å²) in [5, 5.41) is 10.7. The standard InChI is InChI=1S/C19H20F3NO3/c1-11-16-7-4-13(18(24)25)8-14(16)9-17(23-11)26-10-12-2-5-15(6-3-12)19(20,21)22/h4,7-9,12,15H,2-3,5-6,10H2,1H3,(H,24,25)/t12-,15-. The van der Waals surface area contributed by atoms with Crippen molar-refractivity contribution in [2.24, 2.45) is 11.8 Å². The van der Waals surface area contributed by atoms with Gasteiger partial charge in [-0.15, -0.1) is 0 Å². The molecule has 3 rings (SSSR count). The molecule has 1 N–H and O–H groups in total. The van der Waals surface area contributed by atoms with Gasteiger partial charge in [0.15, 0.2) is 0 Å². The van der Waals surface area contributed by atoms with E-state index in [0.717, 1.165) is 11.1 Å². The second-order valence-electron chi connectivity index (χ2n) is 6.86. The number of fused-ring (bicyclic) bond motifs is 1. The molecule has 0 bridgehead atoms. The molecule has 0 spiro atoms. The highest BCUT2D eigenvalue weighted by atomic mass is 19.4. The van der Waals surface area contributed by atoms with Crippen LogP contribution in [0.3, 0.4) is 0 Å². The Morgan fingerprint density at radius 3 is 2.54 bits per heavy atom. The summed E-state index contributed by atoms with van der Waals surface area (Å²) in [7, 11) is 0. The lowest BCUT2D eigenvalue weighted by Crippen LogP contribution is -2.29. The predicted molar refractivity (Wildman–Crippen MR) is 90.4 cm³/mol. The van der Waals surface area contributed by atoms with Gasteiger partial charge in [-0.3, -0.25) is 0 Å². The Bertz CT molecular complexity index is 812. The number of hydrogen-bond donors (Lipinski definition) is 1. The Kier molecular flexibility index (Phi) is 5.07. The highest BCUT2D eigenvalue weighted by molar-refractivity contribution is 5.95. The van der Waals surface area contributed by atoms with Crippen LogP contribution >= 0.6 is 0 Å². The fourth-order valence-electron chi connectivity index (χ4n) is 3.47. The molecule has 1 aromatic carbocycles. The highest BCUT2D eigenvalue weighted by Gasteiger charge is 2.41. The molecule has 1 aliphatic carbocycles. The number of aromatic carboxylic acids is 1. The summed E-state index contributed by atoms with van der Waals surface area (Å²) in [6.45, 7) is 2.13. The van der Waals surface area contributed by atoms with E-state index in [2.05, 4.69) is 4.98 Å². The first-order valence-corrected chi connectivity index (χ1v) is 8.58. The topological polar surface area (TPSA) is 59.4 Å². The zero-order chi connectivity index (χ0) is 18.9. The number of halogens is 3. The van der Waals surface area contributed by atoms with Crippen molar-refractivity contribution in [1.29, 1.82) is 0 Å². The van der Waals surface area contributed by atoms with Gasteiger partial charge in [-0.05, 0) is 56.0 Å². The van der Waals surface area contributed by atoms with E-state index in [1.165, 1.54) is 6.07 Å². The molecule has 26 heavy (non-hydrogen) atoms. The zero-order valence-corrected chi connectivity index (χ0v) is 14.3. The van der Waals surface area contributed by atoms with Crippen molar-refractivity contribution in [3.63, 3.8) is 0 Å². The number of aromatic nitrogens is 1. The van der Waals surface area contributed by atoms with Crippen LogP contribution in [0.4, 0.5) is 13.2 Å². The lowest BCUT2D eigenvalue weighted by Gasteiger charge is -2.29. The van der Waals surface area contributed by atoms with Crippen LogP contribution in [-0.2, 0) is 0 Å². The van der Waals surface area contributed by atoms with Crippen LogP contribution in [0.15, 0.2) is 24.3 Å². The first-order valence-electron chi connectivity index (χ1n) is 8.58. The lowest BCUT2D eigenvalue weighted by atomic mass is 9.82. The van der Waals surface area contributed by atoms with Crippen LogP contribution in [0.25, 0.3) is 10.8 Å².